The Kier molecular flexibility index (Phi) is 8.29. The van der Waals surface area contributed by atoms with Gasteiger partial charge in [-0.25, -0.2) is 0 Å². The van der Waals surface area contributed by atoms with Gasteiger partial charge in [0.05, 0.1) is 18.0 Å². The molecule has 1 rings (SSSR count). The first-order chi connectivity index (χ1) is 11.8. The van der Waals surface area contributed by atoms with Crippen LogP contribution in [0, 0.1) is 5.41 Å². The van der Waals surface area contributed by atoms with Crippen LogP contribution in [0.2, 0.25) is 0 Å². The van der Waals surface area contributed by atoms with Gasteiger partial charge in [0.2, 0.25) is 0 Å². The SMILES string of the molecule is CCOC(=O)C(C)(Cc1ccc(C(=O)C(Br)CC)cc1)C(=O)OCC. The van der Waals surface area contributed by atoms with E-state index in [4.69, 9.17) is 9.47 Å². The summed E-state index contributed by atoms with van der Waals surface area (Å²) < 4.78 is 10.1. The number of carbonyl (C=O) groups excluding carboxylic acids is 3. The Hall–Kier alpha value is -1.69. The maximum Gasteiger partial charge on any atom is 0.323 e. The monoisotopic (exact) mass is 412 g/mol. The zero-order valence-corrected chi connectivity index (χ0v) is 16.7. The Morgan fingerprint density at radius 3 is 1.88 bits per heavy atom. The highest BCUT2D eigenvalue weighted by atomic mass is 79.9. The van der Waals surface area contributed by atoms with Gasteiger partial charge in [-0.1, -0.05) is 47.1 Å². The molecule has 0 N–H and O–H groups in total. The minimum Gasteiger partial charge on any atom is -0.465 e. The van der Waals surface area contributed by atoms with Crippen LogP contribution in [0.1, 0.15) is 50.0 Å². The molecule has 5 nitrogen and oxygen atoms in total. The minimum absolute atomic E-state index is 0.00703. The number of alkyl halides is 1. The van der Waals surface area contributed by atoms with Crippen molar-refractivity contribution in [2.75, 3.05) is 13.2 Å². The summed E-state index contributed by atoms with van der Waals surface area (Å²) in [5, 5.41) is 0. The molecule has 0 bridgehead atoms. The van der Waals surface area contributed by atoms with Crippen LogP contribution in [0.4, 0.5) is 0 Å². The summed E-state index contributed by atoms with van der Waals surface area (Å²) in [6.45, 7) is 7.20. The Morgan fingerprint density at radius 1 is 1.00 bits per heavy atom. The third kappa shape index (κ3) is 5.39. The molecule has 1 aromatic carbocycles. The Morgan fingerprint density at radius 2 is 1.48 bits per heavy atom. The Balaban J connectivity index is 3.03. The first-order valence-corrected chi connectivity index (χ1v) is 9.33. The lowest BCUT2D eigenvalue weighted by atomic mass is 9.83. The zero-order chi connectivity index (χ0) is 19.0. The summed E-state index contributed by atoms with van der Waals surface area (Å²) in [4.78, 5) is 36.6. The van der Waals surface area contributed by atoms with E-state index in [1.165, 1.54) is 6.92 Å². The molecule has 25 heavy (non-hydrogen) atoms. The number of hydrogen-bond acceptors (Lipinski definition) is 5. The normalized spacial score (nSPS) is 12.4. The second-order valence-electron chi connectivity index (χ2n) is 5.89. The average molecular weight is 413 g/mol. The number of halogens is 1. The van der Waals surface area contributed by atoms with Crippen molar-refractivity contribution in [3.63, 3.8) is 0 Å². The molecular weight excluding hydrogens is 388 g/mol. The first-order valence-electron chi connectivity index (χ1n) is 8.41. The number of esters is 2. The van der Waals surface area contributed by atoms with E-state index in [0.29, 0.717) is 12.0 Å². The molecule has 1 unspecified atom stereocenters. The van der Waals surface area contributed by atoms with Gasteiger partial charge >= 0.3 is 11.9 Å². The molecule has 1 atom stereocenters. The van der Waals surface area contributed by atoms with Crippen molar-refractivity contribution < 1.29 is 23.9 Å². The van der Waals surface area contributed by atoms with E-state index in [9.17, 15) is 14.4 Å². The Labute approximate surface area is 157 Å². The van der Waals surface area contributed by atoms with Crippen molar-refractivity contribution >= 4 is 33.7 Å². The fourth-order valence-corrected chi connectivity index (χ4v) is 2.63. The summed E-state index contributed by atoms with van der Waals surface area (Å²) in [7, 11) is 0. The number of ketones is 1. The second kappa shape index (κ2) is 9.70. The van der Waals surface area contributed by atoms with Crippen LogP contribution in [0.5, 0.6) is 0 Å². The molecule has 0 aromatic heterocycles. The molecule has 1 aromatic rings. The predicted molar refractivity (Wildman–Crippen MR) is 98.9 cm³/mol. The molecule has 0 saturated carbocycles. The largest absolute Gasteiger partial charge is 0.465 e. The third-order valence-corrected chi connectivity index (χ3v) is 4.95. The maximum atomic E-state index is 12.3. The summed E-state index contributed by atoms with van der Waals surface area (Å²) in [5.41, 5.74) is -0.0805. The minimum atomic E-state index is -1.42. The first kappa shape index (κ1) is 21.4. The van der Waals surface area contributed by atoms with Gasteiger partial charge in [-0.05, 0) is 39.2 Å². The van der Waals surface area contributed by atoms with Crippen molar-refractivity contribution in [1.82, 2.24) is 0 Å². The van der Waals surface area contributed by atoms with Gasteiger partial charge in [0.1, 0.15) is 0 Å². The van der Waals surface area contributed by atoms with Crippen LogP contribution in [0.3, 0.4) is 0 Å². The molecular formula is C19H25BrO5. The van der Waals surface area contributed by atoms with Gasteiger partial charge in [0, 0.05) is 5.56 Å². The quantitative estimate of drug-likeness (QED) is 0.267. The van der Waals surface area contributed by atoms with Crippen molar-refractivity contribution in [2.24, 2.45) is 5.41 Å². The molecule has 0 spiro atoms. The van der Waals surface area contributed by atoms with Crippen LogP contribution >= 0.6 is 15.9 Å². The van der Waals surface area contributed by atoms with E-state index in [0.717, 1.165) is 5.56 Å². The van der Waals surface area contributed by atoms with Crippen LogP contribution in [0.15, 0.2) is 24.3 Å². The van der Waals surface area contributed by atoms with E-state index in [1.54, 1.807) is 38.1 Å². The Bertz CT molecular complexity index is 591. The van der Waals surface area contributed by atoms with E-state index in [2.05, 4.69) is 15.9 Å². The lowest BCUT2D eigenvalue weighted by molar-refractivity contribution is -0.170. The van der Waals surface area contributed by atoms with Gasteiger partial charge in [-0.2, -0.15) is 0 Å². The van der Waals surface area contributed by atoms with E-state index < -0.39 is 17.4 Å². The van der Waals surface area contributed by atoms with E-state index in [1.807, 2.05) is 6.92 Å². The zero-order valence-electron chi connectivity index (χ0n) is 15.1. The smallest absolute Gasteiger partial charge is 0.323 e. The summed E-state index contributed by atoms with van der Waals surface area (Å²) in [6.07, 6.45) is 0.842. The van der Waals surface area contributed by atoms with Crippen LogP contribution in [-0.2, 0) is 25.5 Å². The van der Waals surface area contributed by atoms with Gasteiger partial charge < -0.3 is 9.47 Å². The standard InChI is InChI=1S/C19H25BrO5/c1-5-15(20)16(21)14-10-8-13(9-11-14)12-19(4,17(22)24-6-2)18(23)25-7-3/h8-11,15H,5-7,12H2,1-4H3. The number of benzene rings is 1. The predicted octanol–water partition coefficient (Wildman–Crippen LogP) is 3.72. The molecule has 0 heterocycles. The highest BCUT2D eigenvalue weighted by molar-refractivity contribution is 9.10. The van der Waals surface area contributed by atoms with Crippen molar-refractivity contribution in [3.05, 3.63) is 35.4 Å². The molecule has 0 fully saturated rings. The highest BCUT2D eigenvalue weighted by Gasteiger charge is 2.44. The van der Waals surface area contributed by atoms with E-state index in [-0.39, 0.29) is 30.2 Å². The fraction of sp³-hybridized carbons (Fsp3) is 0.526. The highest BCUT2D eigenvalue weighted by Crippen LogP contribution is 2.27. The van der Waals surface area contributed by atoms with Gasteiger partial charge in [-0.15, -0.1) is 0 Å². The van der Waals surface area contributed by atoms with Gasteiger partial charge in [-0.3, -0.25) is 14.4 Å². The van der Waals surface area contributed by atoms with E-state index >= 15 is 0 Å². The molecule has 0 aliphatic carbocycles. The van der Waals surface area contributed by atoms with Crippen LogP contribution in [-0.4, -0.2) is 35.8 Å². The van der Waals surface area contributed by atoms with Gasteiger partial charge in [0.15, 0.2) is 11.2 Å². The lowest BCUT2D eigenvalue weighted by Gasteiger charge is -2.25. The topological polar surface area (TPSA) is 69.7 Å². The molecule has 0 aliphatic heterocycles. The van der Waals surface area contributed by atoms with Gasteiger partial charge in [0.25, 0.3) is 0 Å². The van der Waals surface area contributed by atoms with Crippen molar-refractivity contribution in [2.45, 2.75) is 45.4 Å². The summed E-state index contributed by atoms with van der Waals surface area (Å²) in [5.74, 6) is -1.21. The number of ether oxygens (including phenoxy) is 2. The number of hydrogen-bond donors (Lipinski definition) is 0. The third-order valence-electron chi connectivity index (χ3n) is 3.89. The fourth-order valence-electron chi connectivity index (χ4n) is 2.37. The summed E-state index contributed by atoms with van der Waals surface area (Å²) >= 11 is 3.35. The van der Waals surface area contributed by atoms with Crippen LogP contribution < -0.4 is 0 Å². The maximum absolute atomic E-state index is 12.3. The van der Waals surface area contributed by atoms with Crippen molar-refractivity contribution in [1.29, 1.82) is 0 Å². The molecule has 0 radical (unpaired) electrons. The molecule has 0 amide bonds. The number of Topliss-reactive ketones (excluding diaryl/α,β-unsaturated/α-hetero) is 1. The summed E-state index contributed by atoms with van der Waals surface area (Å²) in [6, 6.07) is 6.91. The van der Waals surface area contributed by atoms with Crippen LogP contribution in [0.25, 0.3) is 0 Å². The molecule has 138 valence electrons. The molecule has 0 saturated heterocycles. The lowest BCUT2D eigenvalue weighted by Crippen LogP contribution is -2.41. The number of rotatable bonds is 9. The molecule has 0 aliphatic rings. The van der Waals surface area contributed by atoms with Crippen molar-refractivity contribution in [3.8, 4) is 0 Å². The second-order valence-corrected chi connectivity index (χ2v) is 6.99. The number of carbonyl (C=O) groups is 3. The molecule has 6 heteroatoms. The average Bonchev–Trinajstić information content (AvgIpc) is 2.61.